The number of carbonyl (C=O) groups is 2. The van der Waals surface area contributed by atoms with E-state index < -0.39 is 30.0 Å². The highest BCUT2D eigenvalue weighted by molar-refractivity contribution is 5.96. The Morgan fingerprint density at radius 1 is 1.18 bits per heavy atom. The fraction of sp³-hybridized carbons (Fsp3) is 0.375. The van der Waals surface area contributed by atoms with E-state index >= 15 is 0 Å². The summed E-state index contributed by atoms with van der Waals surface area (Å²) < 4.78 is 10.8. The minimum atomic E-state index is -1.01. The number of aliphatic carboxylic acids is 1. The molecule has 0 unspecified atom stereocenters. The molecule has 0 spiro atoms. The molecule has 2 N–H and O–H groups in total. The number of amides is 1. The lowest BCUT2D eigenvalue weighted by molar-refractivity contribution is -0.145. The number of carboxylic acid groups (broad SMARTS) is 1. The standard InChI is InChI=1S/C16H17NO5/c1-2-21-10-5-3-9(4-6-10)17-15(18)13-11-7-8-12(22-11)14(13)16(19)20/h3-8,11-14H,2H2,1H3,(H,17,18)(H,19,20)/t11-,12-,13-,14-/m0/s1. The van der Waals surface area contributed by atoms with Gasteiger partial charge in [-0.3, -0.25) is 9.59 Å². The molecule has 1 amide bonds. The monoisotopic (exact) mass is 303 g/mol. The van der Waals surface area contributed by atoms with Crippen LogP contribution in [-0.4, -0.2) is 35.8 Å². The van der Waals surface area contributed by atoms with Crippen LogP contribution in [0.25, 0.3) is 0 Å². The third-order valence-electron chi connectivity index (χ3n) is 3.92. The van der Waals surface area contributed by atoms with E-state index in [0.29, 0.717) is 12.3 Å². The van der Waals surface area contributed by atoms with E-state index in [1.807, 2.05) is 6.92 Å². The number of benzene rings is 1. The van der Waals surface area contributed by atoms with Gasteiger partial charge in [-0.05, 0) is 31.2 Å². The van der Waals surface area contributed by atoms with Crippen molar-refractivity contribution in [1.29, 1.82) is 0 Å². The first-order valence-electron chi connectivity index (χ1n) is 7.20. The van der Waals surface area contributed by atoms with Gasteiger partial charge < -0.3 is 19.9 Å². The molecular weight excluding hydrogens is 286 g/mol. The number of carbonyl (C=O) groups excluding carboxylic acids is 1. The van der Waals surface area contributed by atoms with Gasteiger partial charge >= 0.3 is 5.97 Å². The van der Waals surface area contributed by atoms with Crippen LogP contribution in [0.2, 0.25) is 0 Å². The van der Waals surface area contributed by atoms with Gasteiger partial charge in [0.05, 0.1) is 24.7 Å². The molecule has 2 bridgehead atoms. The molecule has 1 fully saturated rings. The van der Waals surface area contributed by atoms with Crippen LogP contribution in [0.3, 0.4) is 0 Å². The Morgan fingerprint density at radius 2 is 1.82 bits per heavy atom. The Morgan fingerprint density at radius 3 is 2.41 bits per heavy atom. The number of ether oxygens (including phenoxy) is 2. The first kappa shape index (κ1) is 14.6. The van der Waals surface area contributed by atoms with Crippen molar-refractivity contribution >= 4 is 17.6 Å². The first-order chi connectivity index (χ1) is 10.6. The summed E-state index contributed by atoms with van der Waals surface area (Å²) in [5.41, 5.74) is 0.601. The van der Waals surface area contributed by atoms with Crippen LogP contribution in [0.4, 0.5) is 5.69 Å². The van der Waals surface area contributed by atoms with Crippen molar-refractivity contribution in [2.45, 2.75) is 19.1 Å². The molecule has 1 aromatic rings. The highest BCUT2D eigenvalue weighted by Gasteiger charge is 2.53. The molecule has 4 atom stereocenters. The predicted octanol–water partition coefficient (Wildman–Crippen LogP) is 1.68. The van der Waals surface area contributed by atoms with Gasteiger partial charge in [0, 0.05) is 5.69 Å². The molecule has 2 aliphatic heterocycles. The smallest absolute Gasteiger partial charge is 0.310 e. The summed E-state index contributed by atoms with van der Waals surface area (Å²) in [4.78, 5) is 23.8. The molecule has 0 radical (unpaired) electrons. The summed E-state index contributed by atoms with van der Waals surface area (Å²) in [5, 5.41) is 12.1. The number of hydrogen-bond donors (Lipinski definition) is 2. The summed E-state index contributed by atoms with van der Waals surface area (Å²) in [6.45, 7) is 2.46. The van der Waals surface area contributed by atoms with Gasteiger partial charge in [-0.1, -0.05) is 12.2 Å². The lowest BCUT2D eigenvalue weighted by Gasteiger charge is -2.21. The molecular formula is C16H17NO5. The van der Waals surface area contributed by atoms with E-state index in [9.17, 15) is 14.7 Å². The van der Waals surface area contributed by atoms with E-state index in [-0.39, 0.29) is 5.91 Å². The van der Waals surface area contributed by atoms with Crippen molar-refractivity contribution in [1.82, 2.24) is 0 Å². The highest BCUT2D eigenvalue weighted by Crippen LogP contribution is 2.39. The fourth-order valence-electron chi connectivity index (χ4n) is 2.94. The van der Waals surface area contributed by atoms with Crippen molar-refractivity contribution < 1.29 is 24.2 Å². The number of anilines is 1. The second kappa shape index (κ2) is 5.81. The third-order valence-corrected chi connectivity index (χ3v) is 3.92. The maximum Gasteiger partial charge on any atom is 0.310 e. The van der Waals surface area contributed by atoms with E-state index in [2.05, 4.69) is 5.32 Å². The van der Waals surface area contributed by atoms with Crippen molar-refractivity contribution in [3.63, 3.8) is 0 Å². The molecule has 22 heavy (non-hydrogen) atoms. The largest absolute Gasteiger partial charge is 0.494 e. The maximum absolute atomic E-state index is 12.4. The van der Waals surface area contributed by atoms with E-state index in [0.717, 1.165) is 5.75 Å². The van der Waals surface area contributed by atoms with Gasteiger partial charge in [0.2, 0.25) is 5.91 Å². The fourth-order valence-corrected chi connectivity index (χ4v) is 2.94. The number of fused-ring (bicyclic) bond motifs is 2. The Balaban J connectivity index is 1.71. The minimum Gasteiger partial charge on any atom is -0.494 e. The number of rotatable bonds is 5. The second-order valence-electron chi connectivity index (χ2n) is 5.29. The van der Waals surface area contributed by atoms with Gasteiger partial charge in [-0.25, -0.2) is 0 Å². The van der Waals surface area contributed by atoms with Crippen molar-refractivity contribution in [3.05, 3.63) is 36.4 Å². The molecule has 3 rings (SSSR count). The van der Waals surface area contributed by atoms with Crippen molar-refractivity contribution in [2.75, 3.05) is 11.9 Å². The zero-order valence-corrected chi connectivity index (χ0v) is 12.1. The van der Waals surface area contributed by atoms with Crippen LogP contribution in [-0.2, 0) is 14.3 Å². The van der Waals surface area contributed by atoms with Crippen molar-refractivity contribution in [2.24, 2.45) is 11.8 Å². The number of nitrogens with one attached hydrogen (secondary N) is 1. The van der Waals surface area contributed by atoms with E-state index in [4.69, 9.17) is 9.47 Å². The molecule has 0 aliphatic carbocycles. The third kappa shape index (κ3) is 2.57. The summed E-state index contributed by atoms with van der Waals surface area (Å²) in [5.74, 6) is -2.18. The summed E-state index contributed by atoms with van der Waals surface area (Å²) in [6, 6.07) is 6.96. The van der Waals surface area contributed by atoms with Crippen LogP contribution < -0.4 is 10.1 Å². The Hall–Kier alpha value is -2.34. The molecule has 6 heteroatoms. The molecule has 0 saturated carbocycles. The normalized spacial score (nSPS) is 28.6. The molecule has 0 aromatic heterocycles. The van der Waals surface area contributed by atoms with Gasteiger partial charge in [-0.15, -0.1) is 0 Å². The Bertz CT molecular complexity index is 609. The lowest BCUT2D eigenvalue weighted by Crippen LogP contribution is -2.39. The minimum absolute atomic E-state index is 0.339. The Kier molecular flexibility index (Phi) is 3.85. The quantitative estimate of drug-likeness (QED) is 0.808. The second-order valence-corrected chi connectivity index (χ2v) is 5.29. The van der Waals surface area contributed by atoms with E-state index in [1.165, 1.54) is 0 Å². The molecule has 116 valence electrons. The van der Waals surface area contributed by atoms with E-state index in [1.54, 1.807) is 36.4 Å². The SMILES string of the molecule is CCOc1ccc(NC(=O)[C@@H]2[C@@H](C(=O)O)[C@@H]3C=C[C@@H]2O3)cc1. The molecule has 2 aliphatic rings. The molecule has 1 aromatic carbocycles. The van der Waals surface area contributed by atoms with Crippen LogP contribution in [0.1, 0.15) is 6.92 Å². The van der Waals surface area contributed by atoms with Crippen LogP contribution in [0, 0.1) is 11.8 Å². The number of carboxylic acids is 1. The summed E-state index contributed by atoms with van der Waals surface area (Å²) in [6.07, 6.45) is 2.49. The average Bonchev–Trinajstić information content (AvgIpc) is 3.10. The average molecular weight is 303 g/mol. The molecule has 1 saturated heterocycles. The zero-order valence-electron chi connectivity index (χ0n) is 12.1. The number of hydrogen-bond acceptors (Lipinski definition) is 4. The van der Waals surface area contributed by atoms with Crippen LogP contribution >= 0.6 is 0 Å². The van der Waals surface area contributed by atoms with Gasteiger partial charge in [0.25, 0.3) is 0 Å². The van der Waals surface area contributed by atoms with Gasteiger partial charge in [0.1, 0.15) is 11.7 Å². The molecule has 2 heterocycles. The Labute approximate surface area is 127 Å². The highest BCUT2D eigenvalue weighted by atomic mass is 16.5. The first-order valence-corrected chi connectivity index (χ1v) is 7.20. The van der Waals surface area contributed by atoms with Crippen LogP contribution in [0.15, 0.2) is 36.4 Å². The van der Waals surface area contributed by atoms with Crippen molar-refractivity contribution in [3.8, 4) is 5.75 Å². The summed E-state index contributed by atoms with van der Waals surface area (Å²) in [7, 11) is 0. The maximum atomic E-state index is 12.4. The van der Waals surface area contributed by atoms with Gasteiger partial charge in [0.15, 0.2) is 0 Å². The summed E-state index contributed by atoms with van der Waals surface area (Å²) >= 11 is 0. The topological polar surface area (TPSA) is 84.9 Å². The van der Waals surface area contributed by atoms with Crippen LogP contribution in [0.5, 0.6) is 5.75 Å². The predicted molar refractivity (Wildman–Crippen MR) is 78.7 cm³/mol. The zero-order chi connectivity index (χ0) is 15.7. The lowest BCUT2D eigenvalue weighted by atomic mass is 9.82. The van der Waals surface area contributed by atoms with Gasteiger partial charge in [-0.2, -0.15) is 0 Å². The molecule has 6 nitrogen and oxygen atoms in total.